The molecule has 0 aliphatic carbocycles. The molecule has 0 aromatic heterocycles. The van der Waals surface area contributed by atoms with Crippen molar-refractivity contribution in [3.63, 3.8) is 0 Å². The summed E-state index contributed by atoms with van der Waals surface area (Å²) in [6, 6.07) is 16.6. The molecule has 1 saturated heterocycles. The lowest BCUT2D eigenvalue weighted by Crippen LogP contribution is -2.37. The van der Waals surface area contributed by atoms with Crippen molar-refractivity contribution in [3.8, 4) is 0 Å². The van der Waals surface area contributed by atoms with Crippen LogP contribution in [0.4, 0.5) is 0 Å². The molecule has 0 bridgehead atoms. The van der Waals surface area contributed by atoms with E-state index in [1.54, 1.807) is 0 Å². The molecule has 128 valence electrons. The van der Waals surface area contributed by atoms with Crippen molar-refractivity contribution in [1.29, 1.82) is 0 Å². The monoisotopic (exact) mass is 331 g/mol. The quantitative estimate of drug-likeness (QED) is 0.762. The Morgan fingerprint density at radius 2 is 1.20 bits per heavy atom. The second-order valence-corrected chi connectivity index (χ2v) is 6.79. The van der Waals surface area contributed by atoms with E-state index in [1.807, 2.05) is 12.2 Å². The fourth-order valence-electron chi connectivity index (χ4n) is 3.06. The fraction of sp³-hybridized carbons (Fsp3) is 0.261. The Morgan fingerprint density at radius 3 is 1.56 bits per heavy atom. The highest BCUT2D eigenvalue weighted by atomic mass is 16.1. The van der Waals surface area contributed by atoms with Gasteiger partial charge in [0.2, 0.25) is 0 Å². The molecule has 2 aromatic carbocycles. The van der Waals surface area contributed by atoms with Gasteiger partial charge in [-0.3, -0.25) is 9.69 Å². The minimum atomic E-state index is 0.172. The molecule has 1 heterocycles. The third kappa shape index (κ3) is 4.34. The molecule has 0 amide bonds. The Labute approximate surface area is 150 Å². The summed E-state index contributed by atoms with van der Waals surface area (Å²) in [5.41, 5.74) is 6.37. The van der Waals surface area contributed by atoms with Gasteiger partial charge in [0, 0.05) is 24.2 Å². The topological polar surface area (TPSA) is 20.3 Å². The van der Waals surface area contributed by atoms with Crippen LogP contribution in [0, 0.1) is 13.8 Å². The van der Waals surface area contributed by atoms with E-state index >= 15 is 0 Å². The first-order valence-corrected chi connectivity index (χ1v) is 8.86. The van der Waals surface area contributed by atoms with E-state index in [9.17, 15) is 4.79 Å². The highest BCUT2D eigenvalue weighted by Crippen LogP contribution is 2.22. The number of hydrogen-bond donors (Lipinski definition) is 0. The zero-order chi connectivity index (χ0) is 17.8. The number of ketones is 1. The van der Waals surface area contributed by atoms with E-state index in [4.69, 9.17) is 0 Å². The molecule has 2 nitrogen and oxygen atoms in total. The minimum absolute atomic E-state index is 0.172. The minimum Gasteiger partial charge on any atom is -0.295 e. The molecule has 1 aliphatic heterocycles. The third-order valence-corrected chi connectivity index (χ3v) is 4.65. The Hall–Kier alpha value is -2.45. The number of carbonyl (C=O) groups excluding carboxylic acids is 1. The van der Waals surface area contributed by atoms with Crippen molar-refractivity contribution in [3.05, 3.63) is 81.9 Å². The number of carbonyl (C=O) groups is 1. The van der Waals surface area contributed by atoms with E-state index in [1.165, 1.54) is 11.1 Å². The summed E-state index contributed by atoms with van der Waals surface area (Å²) in [7, 11) is 0. The van der Waals surface area contributed by atoms with Crippen LogP contribution in [0.25, 0.3) is 12.2 Å². The molecule has 0 N–H and O–H groups in total. The van der Waals surface area contributed by atoms with Crippen LogP contribution in [-0.2, 0) is 4.79 Å². The zero-order valence-electron chi connectivity index (χ0n) is 15.3. The van der Waals surface area contributed by atoms with Crippen LogP contribution >= 0.6 is 0 Å². The van der Waals surface area contributed by atoms with Crippen LogP contribution < -0.4 is 0 Å². The van der Waals surface area contributed by atoms with Crippen molar-refractivity contribution < 1.29 is 4.79 Å². The van der Waals surface area contributed by atoms with Crippen LogP contribution in [0.2, 0.25) is 0 Å². The average Bonchev–Trinajstić information content (AvgIpc) is 2.62. The van der Waals surface area contributed by atoms with E-state index in [-0.39, 0.29) is 5.78 Å². The summed E-state index contributed by atoms with van der Waals surface area (Å²) in [6.45, 7) is 8.66. The molecule has 2 aromatic rings. The second kappa shape index (κ2) is 7.62. The predicted molar refractivity (Wildman–Crippen MR) is 105 cm³/mol. The van der Waals surface area contributed by atoms with Crippen LogP contribution in [-0.4, -0.2) is 30.3 Å². The van der Waals surface area contributed by atoms with Crippen LogP contribution in [0.3, 0.4) is 0 Å². The number of rotatable bonds is 3. The number of Topliss-reactive ketones (excluding diaryl/α,β-unsaturated/α-hetero) is 1. The summed E-state index contributed by atoms with van der Waals surface area (Å²) in [6.07, 6.45) is 4.07. The van der Waals surface area contributed by atoms with Crippen molar-refractivity contribution >= 4 is 17.9 Å². The molecule has 2 heteroatoms. The lowest BCUT2D eigenvalue weighted by atomic mass is 9.94. The standard InChI is InChI=1S/C23H25NO/c1-4-24-15-21(13-19-9-5-17(2)6-10-19)23(25)22(16-24)14-20-11-7-18(3)8-12-20/h5-14H,4,15-16H2,1-3H3. The van der Waals surface area contributed by atoms with Crippen molar-refractivity contribution in [2.24, 2.45) is 0 Å². The van der Waals surface area contributed by atoms with Gasteiger partial charge >= 0.3 is 0 Å². The zero-order valence-corrected chi connectivity index (χ0v) is 15.3. The van der Waals surface area contributed by atoms with Crippen LogP contribution in [0.5, 0.6) is 0 Å². The Kier molecular flexibility index (Phi) is 5.30. The molecular formula is C23H25NO. The summed E-state index contributed by atoms with van der Waals surface area (Å²) in [4.78, 5) is 15.3. The summed E-state index contributed by atoms with van der Waals surface area (Å²) >= 11 is 0. The van der Waals surface area contributed by atoms with Crippen molar-refractivity contribution in [2.45, 2.75) is 20.8 Å². The molecule has 1 fully saturated rings. The summed E-state index contributed by atoms with van der Waals surface area (Å²) in [5, 5.41) is 0. The molecule has 25 heavy (non-hydrogen) atoms. The van der Waals surface area contributed by atoms with E-state index in [2.05, 4.69) is 74.2 Å². The number of likely N-dealkylation sites (N-methyl/N-ethyl adjacent to an activating group) is 1. The lowest BCUT2D eigenvalue weighted by Gasteiger charge is -2.28. The molecule has 0 spiro atoms. The number of hydrogen-bond acceptors (Lipinski definition) is 2. The van der Waals surface area contributed by atoms with Gasteiger partial charge in [0.1, 0.15) is 0 Å². The van der Waals surface area contributed by atoms with Crippen LogP contribution in [0.15, 0.2) is 59.7 Å². The maximum atomic E-state index is 13.0. The molecule has 0 atom stereocenters. The number of likely N-dealkylation sites (tertiary alicyclic amines) is 1. The fourth-order valence-corrected chi connectivity index (χ4v) is 3.06. The van der Waals surface area contributed by atoms with Gasteiger partial charge in [-0.05, 0) is 43.7 Å². The Morgan fingerprint density at radius 1 is 0.800 bits per heavy atom. The highest BCUT2D eigenvalue weighted by Gasteiger charge is 2.25. The smallest absolute Gasteiger partial charge is 0.187 e. The van der Waals surface area contributed by atoms with Gasteiger partial charge in [-0.15, -0.1) is 0 Å². The second-order valence-electron chi connectivity index (χ2n) is 6.79. The van der Waals surface area contributed by atoms with Crippen molar-refractivity contribution in [1.82, 2.24) is 4.90 Å². The van der Waals surface area contributed by atoms with Gasteiger partial charge in [0.15, 0.2) is 5.78 Å². The largest absolute Gasteiger partial charge is 0.295 e. The summed E-state index contributed by atoms with van der Waals surface area (Å²) < 4.78 is 0. The van der Waals surface area contributed by atoms with Gasteiger partial charge in [-0.2, -0.15) is 0 Å². The van der Waals surface area contributed by atoms with Gasteiger partial charge in [0.25, 0.3) is 0 Å². The lowest BCUT2D eigenvalue weighted by molar-refractivity contribution is -0.113. The maximum absolute atomic E-state index is 13.0. The average molecular weight is 331 g/mol. The van der Waals surface area contributed by atoms with E-state index in [0.717, 1.165) is 28.8 Å². The number of nitrogens with zero attached hydrogens (tertiary/aromatic N) is 1. The first-order chi connectivity index (χ1) is 12.0. The van der Waals surface area contributed by atoms with Gasteiger partial charge in [-0.25, -0.2) is 0 Å². The first-order valence-electron chi connectivity index (χ1n) is 8.86. The van der Waals surface area contributed by atoms with Gasteiger partial charge < -0.3 is 0 Å². The van der Waals surface area contributed by atoms with Crippen LogP contribution in [0.1, 0.15) is 29.2 Å². The van der Waals surface area contributed by atoms with Gasteiger partial charge in [0.05, 0.1) is 0 Å². The normalized spacial score (nSPS) is 18.9. The predicted octanol–water partition coefficient (Wildman–Crippen LogP) is 4.68. The molecule has 0 radical (unpaired) electrons. The van der Waals surface area contributed by atoms with Crippen molar-refractivity contribution in [2.75, 3.05) is 19.6 Å². The first kappa shape index (κ1) is 17.4. The highest BCUT2D eigenvalue weighted by molar-refractivity contribution is 6.14. The Bertz CT molecular complexity index is 743. The summed E-state index contributed by atoms with van der Waals surface area (Å²) in [5.74, 6) is 0.172. The Balaban J connectivity index is 1.93. The van der Waals surface area contributed by atoms with Gasteiger partial charge in [-0.1, -0.05) is 66.6 Å². The number of benzene rings is 2. The molecule has 0 saturated carbocycles. The molecule has 3 rings (SSSR count). The maximum Gasteiger partial charge on any atom is 0.187 e. The van der Waals surface area contributed by atoms with E-state index in [0.29, 0.717) is 13.1 Å². The SMILES string of the molecule is CCN1CC(=Cc2ccc(C)cc2)C(=O)C(=Cc2ccc(C)cc2)C1. The number of aryl methyl sites for hydroxylation is 2. The molecular weight excluding hydrogens is 306 g/mol. The van der Waals surface area contributed by atoms with E-state index < -0.39 is 0 Å². The number of piperidine rings is 1. The molecule has 0 unspecified atom stereocenters. The third-order valence-electron chi connectivity index (χ3n) is 4.65. The molecule has 1 aliphatic rings.